The Hall–Kier alpha value is -4.33. The summed E-state index contributed by atoms with van der Waals surface area (Å²) in [6.45, 7) is 1.96. The molecule has 0 bridgehead atoms. The number of halogens is 1. The summed E-state index contributed by atoms with van der Waals surface area (Å²) in [5, 5.41) is 8.79. The van der Waals surface area contributed by atoms with E-state index in [2.05, 4.69) is 16.0 Å². The lowest BCUT2D eigenvalue weighted by Crippen LogP contribution is -2.30. The molecule has 0 heterocycles. The predicted molar refractivity (Wildman–Crippen MR) is 163 cm³/mol. The standard InChI is InChI=1S/C32H28ClN3O3S/c1-2-29(32(39)34-25-12-7-4-8-13-25)40-27-15-9-14-26(21-27)35-31(38)28(20-22-16-18-24(33)19-17-22)36-30(37)23-10-5-3-6-11-23/h3-21,29H,2H2,1H3,(H,34,39)(H,35,38)(H,36,37)/b28-20-. The lowest BCUT2D eigenvalue weighted by molar-refractivity contribution is -0.116. The van der Waals surface area contributed by atoms with E-state index in [9.17, 15) is 14.4 Å². The van der Waals surface area contributed by atoms with Gasteiger partial charge in [-0.05, 0) is 72.7 Å². The van der Waals surface area contributed by atoms with Gasteiger partial charge in [0.15, 0.2) is 0 Å². The first-order chi connectivity index (χ1) is 19.4. The SMILES string of the molecule is CCC(Sc1cccc(NC(=O)/C(=C/c2ccc(Cl)cc2)NC(=O)c2ccccc2)c1)C(=O)Nc1ccccc1. The molecule has 3 N–H and O–H groups in total. The van der Waals surface area contributed by atoms with E-state index in [0.717, 1.165) is 10.6 Å². The maximum absolute atomic E-state index is 13.4. The van der Waals surface area contributed by atoms with Gasteiger partial charge in [-0.3, -0.25) is 14.4 Å². The third-order valence-electron chi connectivity index (χ3n) is 5.78. The van der Waals surface area contributed by atoms with Crippen LogP contribution in [0.15, 0.2) is 120 Å². The summed E-state index contributed by atoms with van der Waals surface area (Å²) < 4.78 is 0. The molecule has 0 aliphatic rings. The van der Waals surface area contributed by atoms with E-state index >= 15 is 0 Å². The van der Waals surface area contributed by atoms with Gasteiger partial charge in [-0.2, -0.15) is 0 Å². The van der Waals surface area contributed by atoms with Crippen LogP contribution < -0.4 is 16.0 Å². The fraction of sp³-hybridized carbons (Fsp3) is 0.0938. The highest BCUT2D eigenvalue weighted by molar-refractivity contribution is 8.00. The number of carbonyl (C=O) groups is 3. The number of benzene rings is 4. The second kappa shape index (κ2) is 14.2. The molecule has 0 saturated carbocycles. The predicted octanol–water partition coefficient (Wildman–Crippen LogP) is 7.26. The van der Waals surface area contributed by atoms with Crippen LogP contribution in [0.5, 0.6) is 0 Å². The van der Waals surface area contributed by atoms with Crippen LogP contribution in [0.2, 0.25) is 5.02 Å². The molecule has 4 aromatic carbocycles. The minimum absolute atomic E-state index is 0.0721. The van der Waals surface area contributed by atoms with Gasteiger partial charge in [-0.25, -0.2) is 0 Å². The minimum Gasteiger partial charge on any atom is -0.325 e. The molecule has 8 heteroatoms. The fourth-order valence-corrected chi connectivity index (χ4v) is 4.88. The molecule has 3 amide bonds. The van der Waals surface area contributed by atoms with Gasteiger partial charge in [0.1, 0.15) is 5.70 Å². The molecule has 0 aromatic heterocycles. The van der Waals surface area contributed by atoms with Crippen molar-refractivity contribution in [3.63, 3.8) is 0 Å². The Morgan fingerprint density at radius 2 is 1.45 bits per heavy atom. The van der Waals surface area contributed by atoms with Gasteiger partial charge in [0.25, 0.3) is 11.8 Å². The van der Waals surface area contributed by atoms with Crippen LogP contribution in [-0.2, 0) is 9.59 Å². The zero-order valence-corrected chi connectivity index (χ0v) is 23.3. The van der Waals surface area contributed by atoms with Crippen molar-refractivity contribution in [2.45, 2.75) is 23.5 Å². The van der Waals surface area contributed by atoms with E-state index in [0.29, 0.717) is 28.3 Å². The van der Waals surface area contributed by atoms with E-state index in [1.165, 1.54) is 11.8 Å². The van der Waals surface area contributed by atoms with E-state index in [1.54, 1.807) is 66.7 Å². The number of anilines is 2. The molecule has 0 fully saturated rings. The Labute approximate surface area is 242 Å². The Morgan fingerprint density at radius 3 is 2.12 bits per heavy atom. The molecular weight excluding hydrogens is 542 g/mol. The van der Waals surface area contributed by atoms with Crippen LogP contribution in [0.25, 0.3) is 6.08 Å². The zero-order chi connectivity index (χ0) is 28.3. The normalized spacial score (nSPS) is 11.8. The van der Waals surface area contributed by atoms with Crippen LogP contribution in [-0.4, -0.2) is 23.0 Å². The number of amides is 3. The summed E-state index contributed by atoms with van der Waals surface area (Å²) in [5.41, 5.74) is 2.47. The van der Waals surface area contributed by atoms with Crippen molar-refractivity contribution in [2.24, 2.45) is 0 Å². The lowest BCUT2D eigenvalue weighted by Gasteiger charge is -2.16. The van der Waals surface area contributed by atoms with Gasteiger partial charge in [0.05, 0.1) is 5.25 Å². The van der Waals surface area contributed by atoms with Crippen LogP contribution >= 0.6 is 23.4 Å². The first-order valence-corrected chi connectivity index (χ1v) is 13.9. The Balaban J connectivity index is 1.50. The molecule has 1 unspecified atom stereocenters. The smallest absolute Gasteiger partial charge is 0.272 e. The molecule has 0 radical (unpaired) electrons. The summed E-state index contributed by atoms with van der Waals surface area (Å²) in [6.07, 6.45) is 2.21. The van der Waals surface area contributed by atoms with Crippen LogP contribution in [0.3, 0.4) is 0 Å². The third-order valence-corrected chi connectivity index (χ3v) is 7.39. The molecule has 4 rings (SSSR count). The highest BCUT2D eigenvalue weighted by Crippen LogP contribution is 2.29. The molecule has 6 nitrogen and oxygen atoms in total. The largest absolute Gasteiger partial charge is 0.325 e. The second-order valence-electron chi connectivity index (χ2n) is 8.78. The highest BCUT2D eigenvalue weighted by atomic mass is 35.5. The van der Waals surface area contributed by atoms with Crippen molar-refractivity contribution in [2.75, 3.05) is 10.6 Å². The maximum Gasteiger partial charge on any atom is 0.272 e. The van der Waals surface area contributed by atoms with E-state index < -0.39 is 11.8 Å². The number of hydrogen-bond donors (Lipinski definition) is 3. The zero-order valence-electron chi connectivity index (χ0n) is 21.8. The van der Waals surface area contributed by atoms with Gasteiger partial charge in [0, 0.05) is 26.9 Å². The number of thioether (sulfide) groups is 1. The van der Waals surface area contributed by atoms with Crippen molar-refractivity contribution in [1.29, 1.82) is 0 Å². The highest BCUT2D eigenvalue weighted by Gasteiger charge is 2.19. The van der Waals surface area contributed by atoms with Crippen LogP contribution in [0.4, 0.5) is 11.4 Å². The van der Waals surface area contributed by atoms with Crippen LogP contribution in [0.1, 0.15) is 29.3 Å². The molecule has 0 spiro atoms. The fourth-order valence-electron chi connectivity index (χ4n) is 3.74. The van der Waals surface area contributed by atoms with Gasteiger partial charge in [-0.1, -0.05) is 73.1 Å². The van der Waals surface area contributed by atoms with Crippen molar-refractivity contribution < 1.29 is 14.4 Å². The summed E-state index contributed by atoms with van der Waals surface area (Å²) in [7, 11) is 0. The number of rotatable bonds is 10. The Bertz CT molecular complexity index is 1490. The third kappa shape index (κ3) is 8.33. The number of carbonyl (C=O) groups excluding carboxylic acids is 3. The second-order valence-corrected chi connectivity index (χ2v) is 10.5. The lowest BCUT2D eigenvalue weighted by atomic mass is 10.1. The molecule has 202 valence electrons. The quantitative estimate of drug-likeness (QED) is 0.138. The van der Waals surface area contributed by atoms with Gasteiger partial charge >= 0.3 is 0 Å². The van der Waals surface area contributed by atoms with Gasteiger partial charge < -0.3 is 16.0 Å². The van der Waals surface area contributed by atoms with Crippen molar-refractivity contribution >= 4 is 58.5 Å². The molecule has 0 aliphatic heterocycles. The molecule has 0 aliphatic carbocycles. The molecule has 4 aromatic rings. The average molecular weight is 570 g/mol. The number of nitrogens with one attached hydrogen (secondary N) is 3. The summed E-state index contributed by atoms with van der Waals surface area (Å²) in [5.74, 6) is -0.990. The Kier molecular flexibility index (Phi) is 10.2. The molecule has 0 saturated heterocycles. The van der Waals surface area contributed by atoms with Crippen molar-refractivity contribution in [3.05, 3.63) is 131 Å². The monoisotopic (exact) mass is 569 g/mol. The van der Waals surface area contributed by atoms with E-state index in [4.69, 9.17) is 11.6 Å². The molecular formula is C32H28ClN3O3S. The maximum atomic E-state index is 13.4. The van der Waals surface area contributed by atoms with E-state index in [1.807, 2.05) is 55.5 Å². The minimum atomic E-state index is -0.491. The molecule has 1 atom stereocenters. The summed E-state index contributed by atoms with van der Waals surface area (Å²) in [4.78, 5) is 39.9. The summed E-state index contributed by atoms with van der Waals surface area (Å²) >= 11 is 7.42. The van der Waals surface area contributed by atoms with E-state index in [-0.39, 0.29) is 16.9 Å². The molecule has 40 heavy (non-hydrogen) atoms. The number of hydrogen-bond acceptors (Lipinski definition) is 4. The van der Waals surface area contributed by atoms with Crippen LogP contribution in [0, 0.1) is 0 Å². The van der Waals surface area contributed by atoms with Gasteiger partial charge in [-0.15, -0.1) is 11.8 Å². The number of para-hydroxylation sites is 1. The topological polar surface area (TPSA) is 87.3 Å². The van der Waals surface area contributed by atoms with Gasteiger partial charge in [0.2, 0.25) is 5.91 Å². The first-order valence-electron chi connectivity index (χ1n) is 12.7. The summed E-state index contributed by atoms with van der Waals surface area (Å²) in [6, 6.07) is 32.2. The van der Waals surface area contributed by atoms with Crippen molar-refractivity contribution in [1.82, 2.24) is 5.32 Å². The average Bonchev–Trinajstić information content (AvgIpc) is 2.97. The van der Waals surface area contributed by atoms with Crippen molar-refractivity contribution in [3.8, 4) is 0 Å². The first kappa shape index (κ1) is 28.7. The Morgan fingerprint density at radius 1 is 0.800 bits per heavy atom.